The molecule has 2 nitrogen and oxygen atoms in total. The molecule has 1 aromatic heterocycles. The zero-order valence-corrected chi connectivity index (χ0v) is 9.90. The third kappa shape index (κ3) is 1.98. The molecule has 0 radical (unpaired) electrons. The Kier molecular flexibility index (Phi) is 3.32. The Balaban J connectivity index is 3.00. The highest BCUT2D eigenvalue weighted by Gasteiger charge is 2.29. The van der Waals surface area contributed by atoms with E-state index in [0.717, 1.165) is 11.3 Å². The molecule has 0 N–H and O–H groups in total. The SMILES string of the molecule is CCC(C)(C)C(=O)c1sccc1OC. The van der Waals surface area contributed by atoms with Crippen molar-refractivity contribution in [1.29, 1.82) is 0 Å². The zero-order valence-electron chi connectivity index (χ0n) is 9.09. The van der Waals surface area contributed by atoms with Gasteiger partial charge in [-0.3, -0.25) is 4.79 Å². The van der Waals surface area contributed by atoms with Gasteiger partial charge in [-0.2, -0.15) is 0 Å². The summed E-state index contributed by atoms with van der Waals surface area (Å²) in [5.74, 6) is 0.869. The van der Waals surface area contributed by atoms with E-state index in [-0.39, 0.29) is 11.2 Å². The number of thiophene rings is 1. The lowest BCUT2D eigenvalue weighted by atomic mass is 9.84. The minimum atomic E-state index is -0.294. The van der Waals surface area contributed by atoms with Crippen molar-refractivity contribution in [2.24, 2.45) is 5.41 Å². The number of Topliss-reactive ketones (excluding diaryl/α,β-unsaturated/α-hetero) is 1. The number of ether oxygens (including phenoxy) is 1. The summed E-state index contributed by atoms with van der Waals surface area (Å²) in [7, 11) is 1.60. The minimum Gasteiger partial charge on any atom is -0.495 e. The van der Waals surface area contributed by atoms with Crippen LogP contribution in [0.4, 0.5) is 0 Å². The van der Waals surface area contributed by atoms with Gasteiger partial charge in [-0.1, -0.05) is 20.8 Å². The fourth-order valence-corrected chi connectivity index (χ4v) is 2.07. The van der Waals surface area contributed by atoms with Crippen LogP contribution < -0.4 is 4.74 Å². The molecule has 0 unspecified atom stereocenters. The molecule has 0 aliphatic carbocycles. The average Bonchev–Trinajstić information content (AvgIpc) is 2.64. The molecule has 0 bridgehead atoms. The Bertz CT molecular complexity index is 326. The van der Waals surface area contributed by atoms with E-state index in [1.54, 1.807) is 7.11 Å². The normalized spacial score (nSPS) is 11.4. The molecule has 0 spiro atoms. The molecule has 0 aliphatic rings. The van der Waals surface area contributed by atoms with E-state index in [0.29, 0.717) is 5.75 Å². The molecule has 0 saturated carbocycles. The second-order valence-electron chi connectivity index (χ2n) is 3.88. The van der Waals surface area contributed by atoms with Crippen LogP contribution in [0, 0.1) is 5.41 Å². The number of carbonyl (C=O) groups is 1. The van der Waals surface area contributed by atoms with Crippen LogP contribution in [-0.2, 0) is 0 Å². The Labute approximate surface area is 88.9 Å². The van der Waals surface area contributed by atoms with Gasteiger partial charge in [0, 0.05) is 5.41 Å². The molecule has 14 heavy (non-hydrogen) atoms. The Morgan fingerprint density at radius 1 is 1.57 bits per heavy atom. The summed E-state index contributed by atoms with van der Waals surface area (Å²) in [6.45, 7) is 5.96. The van der Waals surface area contributed by atoms with Gasteiger partial charge in [-0.25, -0.2) is 0 Å². The van der Waals surface area contributed by atoms with Crippen LogP contribution in [-0.4, -0.2) is 12.9 Å². The van der Waals surface area contributed by atoms with Crippen molar-refractivity contribution in [3.8, 4) is 5.75 Å². The quantitative estimate of drug-likeness (QED) is 0.715. The lowest BCUT2D eigenvalue weighted by Crippen LogP contribution is -2.22. The van der Waals surface area contributed by atoms with E-state index in [2.05, 4.69) is 0 Å². The molecule has 0 saturated heterocycles. The van der Waals surface area contributed by atoms with Crippen molar-refractivity contribution in [2.45, 2.75) is 27.2 Å². The summed E-state index contributed by atoms with van der Waals surface area (Å²) in [4.78, 5) is 12.8. The molecule has 1 heterocycles. The largest absolute Gasteiger partial charge is 0.495 e. The third-order valence-corrected chi connectivity index (χ3v) is 3.45. The molecule has 0 aromatic carbocycles. The smallest absolute Gasteiger partial charge is 0.182 e. The van der Waals surface area contributed by atoms with Gasteiger partial charge in [0.05, 0.1) is 7.11 Å². The van der Waals surface area contributed by atoms with Crippen molar-refractivity contribution in [3.63, 3.8) is 0 Å². The highest BCUT2D eigenvalue weighted by atomic mass is 32.1. The summed E-state index contributed by atoms with van der Waals surface area (Å²) < 4.78 is 5.14. The van der Waals surface area contributed by atoms with E-state index >= 15 is 0 Å². The Morgan fingerprint density at radius 3 is 2.71 bits per heavy atom. The van der Waals surface area contributed by atoms with Crippen LogP contribution in [0.2, 0.25) is 0 Å². The van der Waals surface area contributed by atoms with E-state index in [4.69, 9.17) is 4.74 Å². The van der Waals surface area contributed by atoms with Crippen LogP contribution in [0.1, 0.15) is 36.9 Å². The van der Waals surface area contributed by atoms with Crippen LogP contribution in [0.25, 0.3) is 0 Å². The molecule has 0 fully saturated rings. The second-order valence-corrected chi connectivity index (χ2v) is 4.80. The van der Waals surface area contributed by atoms with Crippen LogP contribution in [0.15, 0.2) is 11.4 Å². The molecular weight excluding hydrogens is 196 g/mol. The molecule has 1 aromatic rings. The molecule has 0 aliphatic heterocycles. The summed E-state index contributed by atoms with van der Waals surface area (Å²) >= 11 is 1.45. The third-order valence-electron chi connectivity index (χ3n) is 2.55. The number of rotatable bonds is 4. The molecule has 78 valence electrons. The number of methoxy groups -OCH3 is 1. The fraction of sp³-hybridized carbons (Fsp3) is 0.545. The Hall–Kier alpha value is -0.830. The maximum absolute atomic E-state index is 12.1. The second kappa shape index (κ2) is 4.13. The van der Waals surface area contributed by atoms with E-state index in [1.807, 2.05) is 32.2 Å². The van der Waals surface area contributed by atoms with Gasteiger partial charge < -0.3 is 4.74 Å². The topological polar surface area (TPSA) is 26.3 Å². The molecular formula is C11H16O2S. The summed E-state index contributed by atoms with van der Waals surface area (Å²) in [6, 6.07) is 1.84. The van der Waals surface area contributed by atoms with E-state index in [1.165, 1.54) is 11.3 Å². The van der Waals surface area contributed by atoms with Gasteiger partial charge in [0.15, 0.2) is 5.78 Å². The van der Waals surface area contributed by atoms with Crippen molar-refractivity contribution in [2.75, 3.05) is 7.11 Å². The lowest BCUT2D eigenvalue weighted by molar-refractivity contribution is 0.0834. The predicted molar refractivity (Wildman–Crippen MR) is 59.3 cm³/mol. The van der Waals surface area contributed by atoms with Gasteiger partial charge in [0.2, 0.25) is 0 Å². The number of ketones is 1. The van der Waals surface area contributed by atoms with Crippen molar-refractivity contribution in [3.05, 3.63) is 16.3 Å². The highest BCUT2D eigenvalue weighted by molar-refractivity contribution is 7.12. The van der Waals surface area contributed by atoms with Crippen LogP contribution in [0.3, 0.4) is 0 Å². The van der Waals surface area contributed by atoms with Crippen LogP contribution >= 0.6 is 11.3 Å². The van der Waals surface area contributed by atoms with Gasteiger partial charge in [0.25, 0.3) is 0 Å². The first kappa shape index (κ1) is 11.2. The molecule has 3 heteroatoms. The Morgan fingerprint density at radius 2 is 2.21 bits per heavy atom. The first-order valence-corrected chi connectivity index (χ1v) is 5.57. The van der Waals surface area contributed by atoms with Crippen molar-refractivity contribution < 1.29 is 9.53 Å². The summed E-state index contributed by atoms with van der Waals surface area (Å²) in [6.07, 6.45) is 0.840. The van der Waals surface area contributed by atoms with Crippen molar-refractivity contribution in [1.82, 2.24) is 0 Å². The number of carbonyl (C=O) groups excluding carboxylic acids is 1. The first-order valence-electron chi connectivity index (χ1n) is 4.69. The highest BCUT2D eigenvalue weighted by Crippen LogP contribution is 2.33. The number of hydrogen-bond acceptors (Lipinski definition) is 3. The molecule has 0 amide bonds. The van der Waals surface area contributed by atoms with E-state index in [9.17, 15) is 4.79 Å². The van der Waals surface area contributed by atoms with Gasteiger partial charge in [-0.15, -0.1) is 11.3 Å². The van der Waals surface area contributed by atoms with Crippen LogP contribution in [0.5, 0.6) is 5.75 Å². The zero-order chi connectivity index (χ0) is 10.8. The lowest BCUT2D eigenvalue weighted by Gasteiger charge is -2.20. The fourth-order valence-electron chi connectivity index (χ4n) is 1.09. The van der Waals surface area contributed by atoms with Gasteiger partial charge >= 0.3 is 0 Å². The van der Waals surface area contributed by atoms with Gasteiger partial charge in [-0.05, 0) is 17.9 Å². The van der Waals surface area contributed by atoms with Gasteiger partial charge in [0.1, 0.15) is 10.6 Å². The average molecular weight is 212 g/mol. The summed E-state index contributed by atoms with van der Waals surface area (Å²) in [5, 5.41) is 1.89. The monoisotopic (exact) mass is 212 g/mol. The minimum absolute atomic E-state index is 0.173. The van der Waals surface area contributed by atoms with Crippen molar-refractivity contribution >= 4 is 17.1 Å². The van der Waals surface area contributed by atoms with E-state index < -0.39 is 0 Å². The maximum Gasteiger partial charge on any atom is 0.182 e. The number of hydrogen-bond donors (Lipinski definition) is 0. The predicted octanol–water partition coefficient (Wildman–Crippen LogP) is 3.38. The first-order chi connectivity index (χ1) is 6.53. The summed E-state index contributed by atoms with van der Waals surface area (Å²) in [5.41, 5.74) is -0.294. The molecule has 0 atom stereocenters. The maximum atomic E-state index is 12.1. The molecule has 1 rings (SSSR count). The standard InChI is InChI=1S/C11H16O2S/c1-5-11(2,3)10(12)9-8(13-4)6-7-14-9/h6-7H,5H2,1-4H3.